The van der Waals surface area contributed by atoms with E-state index in [4.69, 9.17) is 0 Å². The van der Waals surface area contributed by atoms with Crippen molar-refractivity contribution < 1.29 is 0 Å². The number of benzene rings is 1. The maximum atomic E-state index is 4.37. The van der Waals surface area contributed by atoms with Crippen molar-refractivity contribution in [1.82, 2.24) is 35.2 Å². The maximum absolute atomic E-state index is 4.37. The van der Waals surface area contributed by atoms with Crippen LogP contribution in [0.3, 0.4) is 0 Å². The van der Waals surface area contributed by atoms with Crippen LogP contribution in [-0.2, 0) is 26.1 Å². The number of aromatic nitrogens is 3. The molecular weight excluding hydrogens is 376 g/mol. The van der Waals surface area contributed by atoms with Gasteiger partial charge in [-0.15, -0.1) is 10.2 Å². The van der Waals surface area contributed by atoms with Gasteiger partial charge in [0.05, 0.1) is 0 Å². The van der Waals surface area contributed by atoms with Crippen LogP contribution in [0.2, 0.25) is 0 Å². The Bertz CT molecular complexity index is 792. The third-order valence-electron chi connectivity index (χ3n) is 5.75. The summed E-state index contributed by atoms with van der Waals surface area (Å²) in [5.74, 6) is 1.82. The second-order valence-electron chi connectivity index (χ2n) is 7.63. The first-order valence-electron chi connectivity index (χ1n) is 11.1. The molecule has 164 valence electrons. The molecule has 8 nitrogen and oxygen atoms in total. The molecule has 1 saturated heterocycles. The smallest absolute Gasteiger partial charge is 0.191 e. The summed E-state index contributed by atoms with van der Waals surface area (Å²) >= 11 is 0. The molecular formula is C22H36N8. The van der Waals surface area contributed by atoms with Crippen molar-refractivity contribution >= 4 is 5.96 Å². The van der Waals surface area contributed by atoms with Crippen molar-refractivity contribution in [1.29, 1.82) is 0 Å². The number of nitrogens with zero attached hydrogens (tertiary/aromatic N) is 6. The van der Waals surface area contributed by atoms with Crippen LogP contribution in [0.4, 0.5) is 0 Å². The van der Waals surface area contributed by atoms with E-state index >= 15 is 0 Å². The van der Waals surface area contributed by atoms with Crippen LogP contribution in [0.5, 0.6) is 0 Å². The fourth-order valence-electron chi connectivity index (χ4n) is 3.82. The lowest BCUT2D eigenvalue weighted by atomic mass is 10.1. The van der Waals surface area contributed by atoms with Gasteiger partial charge in [-0.05, 0) is 17.7 Å². The van der Waals surface area contributed by atoms with E-state index in [2.05, 4.69) is 78.3 Å². The molecule has 2 N–H and O–H groups in total. The van der Waals surface area contributed by atoms with Crippen molar-refractivity contribution in [2.75, 3.05) is 46.3 Å². The summed E-state index contributed by atoms with van der Waals surface area (Å²) in [6.07, 6.45) is 2.67. The van der Waals surface area contributed by atoms with Gasteiger partial charge in [-0.3, -0.25) is 9.89 Å². The molecule has 1 aromatic carbocycles. The average Bonchev–Trinajstić information content (AvgIpc) is 3.25. The normalized spacial score (nSPS) is 16.0. The molecule has 30 heavy (non-hydrogen) atoms. The van der Waals surface area contributed by atoms with E-state index in [0.29, 0.717) is 0 Å². The van der Waals surface area contributed by atoms with Crippen molar-refractivity contribution in [2.45, 2.75) is 39.9 Å². The number of hydrogen-bond donors (Lipinski definition) is 2. The maximum Gasteiger partial charge on any atom is 0.191 e. The van der Waals surface area contributed by atoms with E-state index in [9.17, 15) is 0 Å². The number of aryl methyl sites for hydroxylation is 1. The minimum absolute atomic E-state index is 0.762. The molecule has 0 saturated carbocycles. The minimum Gasteiger partial charge on any atom is -0.355 e. The van der Waals surface area contributed by atoms with Crippen LogP contribution in [0, 0.1) is 0 Å². The number of hydrogen-bond acceptors (Lipinski definition) is 5. The highest BCUT2D eigenvalue weighted by Crippen LogP contribution is 2.13. The van der Waals surface area contributed by atoms with Gasteiger partial charge in [-0.25, -0.2) is 0 Å². The Morgan fingerprint density at radius 1 is 1.03 bits per heavy atom. The van der Waals surface area contributed by atoms with Gasteiger partial charge in [0.15, 0.2) is 5.96 Å². The molecule has 0 bridgehead atoms. The Morgan fingerprint density at radius 2 is 1.77 bits per heavy atom. The predicted octanol–water partition coefficient (Wildman–Crippen LogP) is 1.34. The fourth-order valence-corrected chi connectivity index (χ4v) is 3.82. The summed E-state index contributed by atoms with van der Waals surface area (Å²) in [5, 5.41) is 15.0. The zero-order valence-corrected chi connectivity index (χ0v) is 18.6. The largest absolute Gasteiger partial charge is 0.355 e. The summed E-state index contributed by atoms with van der Waals surface area (Å²) in [6.45, 7) is 13.5. The molecule has 0 spiro atoms. The molecule has 0 amide bonds. The zero-order chi connectivity index (χ0) is 21.2. The van der Waals surface area contributed by atoms with E-state index in [1.54, 1.807) is 6.33 Å². The standard InChI is InChI=1S/C22H36N8/c1-4-21-27-26-18-30(21)11-10-24-22(23-3)25-16-19-8-6-7-9-20(19)17-29-14-12-28(5-2)13-15-29/h6-9,18H,4-5,10-17H2,1-3H3,(H2,23,24,25). The Morgan fingerprint density at radius 3 is 2.47 bits per heavy atom. The lowest BCUT2D eigenvalue weighted by Gasteiger charge is -2.34. The van der Waals surface area contributed by atoms with Crippen molar-refractivity contribution in [3.05, 3.63) is 47.5 Å². The Kier molecular flexibility index (Phi) is 8.65. The lowest BCUT2D eigenvalue weighted by Crippen LogP contribution is -2.45. The lowest BCUT2D eigenvalue weighted by molar-refractivity contribution is 0.131. The summed E-state index contributed by atoms with van der Waals surface area (Å²) in [7, 11) is 1.81. The Hall–Kier alpha value is -2.45. The van der Waals surface area contributed by atoms with E-state index < -0.39 is 0 Å². The van der Waals surface area contributed by atoms with E-state index in [1.807, 2.05) is 7.05 Å². The molecule has 1 aliphatic rings. The number of aliphatic imine (C=N–C) groups is 1. The van der Waals surface area contributed by atoms with Crippen LogP contribution >= 0.6 is 0 Å². The molecule has 1 aliphatic heterocycles. The number of piperazine rings is 1. The van der Waals surface area contributed by atoms with Gasteiger partial charge >= 0.3 is 0 Å². The van der Waals surface area contributed by atoms with Gasteiger partial charge in [0.1, 0.15) is 12.2 Å². The Balaban J connectivity index is 1.48. The number of nitrogens with one attached hydrogen (secondary N) is 2. The number of likely N-dealkylation sites (N-methyl/N-ethyl adjacent to an activating group) is 1. The first-order valence-corrected chi connectivity index (χ1v) is 11.1. The van der Waals surface area contributed by atoms with Gasteiger partial charge in [-0.1, -0.05) is 38.1 Å². The molecule has 0 atom stereocenters. The first kappa shape index (κ1) is 22.2. The molecule has 1 fully saturated rings. The molecule has 1 aromatic heterocycles. The topological polar surface area (TPSA) is 73.6 Å². The summed E-state index contributed by atoms with van der Waals surface area (Å²) in [4.78, 5) is 9.44. The molecule has 8 heteroatoms. The number of guanidine groups is 1. The summed E-state index contributed by atoms with van der Waals surface area (Å²) < 4.78 is 2.08. The van der Waals surface area contributed by atoms with Gasteiger partial charge < -0.3 is 20.1 Å². The fraction of sp³-hybridized carbons (Fsp3) is 0.591. The number of rotatable bonds is 9. The summed E-state index contributed by atoms with van der Waals surface area (Å²) in [6, 6.07) is 8.71. The van der Waals surface area contributed by atoms with E-state index in [0.717, 1.165) is 64.0 Å². The van der Waals surface area contributed by atoms with Gasteiger partial charge in [-0.2, -0.15) is 0 Å². The molecule has 2 heterocycles. The first-order chi connectivity index (χ1) is 14.7. The highest BCUT2D eigenvalue weighted by Gasteiger charge is 2.16. The minimum atomic E-state index is 0.762. The van der Waals surface area contributed by atoms with E-state index in [1.165, 1.54) is 24.2 Å². The third kappa shape index (κ3) is 6.27. The Labute approximate surface area is 180 Å². The predicted molar refractivity (Wildman–Crippen MR) is 121 cm³/mol. The molecule has 0 aliphatic carbocycles. The second kappa shape index (κ2) is 11.7. The van der Waals surface area contributed by atoms with E-state index in [-0.39, 0.29) is 0 Å². The van der Waals surface area contributed by atoms with Crippen LogP contribution < -0.4 is 10.6 Å². The molecule has 3 rings (SSSR count). The molecule has 2 aromatic rings. The van der Waals surface area contributed by atoms with Crippen LogP contribution in [0.1, 0.15) is 30.8 Å². The second-order valence-corrected chi connectivity index (χ2v) is 7.63. The van der Waals surface area contributed by atoms with Crippen molar-refractivity contribution in [2.24, 2.45) is 4.99 Å². The third-order valence-corrected chi connectivity index (χ3v) is 5.75. The summed E-state index contributed by atoms with van der Waals surface area (Å²) in [5.41, 5.74) is 2.72. The SMILES string of the molecule is CCc1nncn1CCNC(=NC)NCc1ccccc1CN1CCN(CC)CC1. The van der Waals surface area contributed by atoms with Crippen LogP contribution in [-0.4, -0.2) is 76.8 Å². The molecule has 0 unspecified atom stereocenters. The highest BCUT2D eigenvalue weighted by atomic mass is 15.3. The van der Waals surface area contributed by atoms with Gasteiger partial charge in [0.2, 0.25) is 0 Å². The zero-order valence-electron chi connectivity index (χ0n) is 18.6. The monoisotopic (exact) mass is 412 g/mol. The van der Waals surface area contributed by atoms with Crippen molar-refractivity contribution in [3.8, 4) is 0 Å². The highest BCUT2D eigenvalue weighted by molar-refractivity contribution is 5.79. The van der Waals surface area contributed by atoms with Gasteiger partial charge in [0, 0.05) is 65.8 Å². The van der Waals surface area contributed by atoms with Crippen LogP contribution in [0.15, 0.2) is 35.6 Å². The van der Waals surface area contributed by atoms with Crippen molar-refractivity contribution in [3.63, 3.8) is 0 Å². The van der Waals surface area contributed by atoms with Crippen LogP contribution in [0.25, 0.3) is 0 Å². The average molecular weight is 413 g/mol. The van der Waals surface area contributed by atoms with Gasteiger partial charge in [0.25, 0.3) is 0 Å². The molecule has 0 radical (unpaired) electrons. The quantitative estimate of drug-likeness (QED) is 0.478.